The molecule has 2 aromatic heterocycles. The molecule has 3 heteroatoms. The van der Waals surface area contributed by atoms with Crippen molar-refractivity contribution in [1.29, 1.82) is 0 Å². The van der Waals surface area contributed by atoms with E-state index in [4.69, 9.17) is 4.42 Å². The number of nitrogens with one attached hydrogen (secondary N) is 1. The monoisotopic (exact) mass is 241 g/mol. The summed E-state index contributed by atoms with van der Waals surface area (Å²) in [6.45, 7) is 5.42. The molecule has 0 amide bonds. The molecule has 0 saturated heterocycles. The average molecular weight is 241 g/mol. The first kappa shape index (κ1) is 11.1. The molecule has 1 aromatic carbocycles. The van der Waals surface area contributed by atoms with E-state index in [-0.39, 0.29) is 0 Å². The van der Waals surface area contributed by atoms with Crippen LogP contribution in [0.25, 0.3) is 22.6 Å². The number of para-hydroxylation sites is 2. The zero-order valence-corrected chi connectivity index (χ0v) is 10.7. The number of aromatic nitrogens is 2. The van der Waals surface area contributed by atoms with Crippen LogP contribution in [0.5, 0.6) is 0 Å². The van der Waals surface area contributed by atoms with Crippen molar-refractivity contribution >= 4 is 11.0 Å². The van der Waals surface area contributed by atoms with Crippen molar-refractivity contribution in [3.05, 3.63) is 42.7 Å². The van der Waals surface area contributed by atoms with Gasteiger partial charge in [0.1, 0.15) is 0 Å². The molecule has 1 N–H and O–H groups in total. The summed E-state index contributed by atoms with van der Waals surface area (Å²) < 4.78 is 7.81. The van der Waals surface area contributed by atoms with E-state index in [0.717, 1.165) is 23.6 Å². The van der Waals surface area contributed by atoms with E-state index in [1.165, 1.54) is 5.52 Å². The lowest BCUT2D eigenvalue weighted by Crippen LogP contribution is -2.37. The van der Waals surface area contributed by atoms with Gasteiger partial charge < -0.3 is 4.42 Å². The molecule has 0 spiro atoms. The molecule has 0 aliphatic carbocycles. The van der Waals surface area contributed by atoms with E-state index < -0.39 is 0 Å². The Balaban J connectivity index is 2.23. The van der Waals surface area contributed by atoms with Gasteiger partial charge in [-0.1, -0.05) is 26.0 Å². The number of aromatic amines is 1. The van der Waals surface area contributed by atoms with Gasteiger partial charge >= 0.3 is 5.82 Å². The Morgan fingerprint density at radius 3 is 2.72 bits per heavy atom. The van der Waals surface area contributed by atoms with Gasteiger partial charge in [-0.25, -0.2) is 9.55 Å². The second kappa shape index (κ2) is 4.33. The highest BCUT2D eigenvalue weighted by molar-refractivity contribution is 5.73. The first-order valence-electron chi connectivity index (χ1n) is 6.30. The molecule has 0 aliphatic rings. The third kappa shape index (κ3) is 1.82. The molecule has 0 bridgehead atoms. The summed E-state index contributed by atoms with van der Waals surface area (Å²) in [5, 5.41) is 0. The summed E-state index contributed by atoms with van der Waals surface area (Å²) in [5.74, 6) is 2.50. The number of hydrogen-bond donors (Lipinski definition) is 1. The molecule has 3 nitrogen and oxygen atoms in total. The predicted molar refractivity (Wildman–Crippen MR) is 71.0 cm³/mol. The van der Waals surface area contributed by atoms with E-state index in [2.05, 4.69) is 41.6 Å². The summed E-state index contributed by atoms with van der Waals surface area (Å²) in [6.07, 6.45) is 1.71. The Hall–Kier alpha value is -2.03. The normalized spacial score (nSPS) is 11.5. The smallest absolute Gasteiger partial charge is 0.323 e. The van der Waals surface area contributed by atoms with Crippen LogP contribution in [0, 0.1) is 5.92 Å². The quantitative estimate of drug-likeness (QED) is 0.701. The Bertz CT molecular complexity index is 650. The van der Waals surface area contributed by atoms with Gasteiger partial charge in [0, 0.05) is 0 Å². The largest absolute Gasteiger partial charge is 0.456 e. The van der Waals surface area contributed by atoms with Crippen LogP contribution in [-0.4, -0.2) is 4.98 Å². The molecule has 0 unspecified atom stereocenters. The molecule has 3 aromatic rings. The predicted octanol–water partition coefficient (Wildman–Crippen LogP) is 3.37. The first-order valence-corrected chi connectivity index (χ1v) is 6.30. The van der Waals surface area contributed by atoms with Crippen LogP contribution >= 0.6 is 0 Å². The minimum atomic E-state index is 0.586. The molecule has 18 heavy (non-hydrogen) atoms. The van der Waals surface area contributed by atoms with Crippen molar-refractivity contribution in [3.63, 3.8) is 0 Å². The van der Waals surface area contributed by atoms with Crippen LogP contribution in [0.1, 0.15) is 13.8 Å². The van der Waals surface area contributed by atoms with Crippen molar-refractivity contribution in [3.8, 4) is 11.6 Å². The number of benzene rings is 1. The standard InChI is InChI=1S/C15H16N2O/c1-11(2)10-17-13-7-4-3-6-12(13)16-15(17)14-8-5-9-18-14/h3-9,11H,10H2,1-2H3/p+1. The number of rotatable bonds is 3. The molecule has 0 fully saturated rings. The van der Waals surface area contributed by atoms with Crippen LogP contribution in [0.15, 0.2) is 47.1 Å². The van der Waals surface area contributed by atoms with Crippen molar-refractivity contribution in [2.75, 3.05) is 0 Å². The minimum absolute atomic E-state index is 0.586. The summed E-state index contributed by atoms with van der Waals surface area (Å²) in [4.78, 5) is 3.44. The van der Waals surface area contributed by atoms with Gasteiger partial charge in [-0.3, -0.25) is 0 Å². The molecule has 0 aliphatic heterocycles. The zero-order valence-electron chi connectivity index (χ0n) is 10.7. The lowest BCUT2D eigenvalue weighted by Gasteiger charge is -2.03. The van der Waals surface area contributed by atoms with Crippen LogP contribution in [0.2, 0.25) is 0 Å². The number of fused-ring (bicyclic) bond motifs is 1. The van der Waals surface area contributed by atoms with E-state index in [9.17, 15) is 0 Å². The molecular formula is C15H17N2O+. The molecule has 0 saturated carbocycles. The van der Waals surface area contributed by atoms with Gasteiger partial charge in [0.25, 0.3) is 0 Å². The summed E-state index contributed by atoms with van der Waals surface area (Å²) in [6, 6.07) is 12.3. The van der Waals surface area contributed by atoms with Crippen LogP contribution in [0.3, 0.4) is 0 Å². The second-order valence-electron chi connectivity index (χ2n) is 4.97. The third-order valence-corrected chi connectivity index (χ3v) is 3.02. The van der Waals surface area contributed by atoms with Gasteiger partial charge in [-0.2, -0.15) is 0 Å². The van der Waals surface area contributed by atoms with Crippen molar-refractivity contribution in [2.24, 2.45) is 5.92 Å². The maximum atomic E-state index is 5.52. The topological polar surface area (TPSA) is 32.8 Å². The summed E-state index contributed by atoms with van der Waals surface area (Å²) in [7, 11) is 0. The molecular weight excluding hydrogens is 224 g/mol. The van der Waals surface area contributed by atoms with Crippen LogP contribution in [0.4, 0.5) is 0 Å². The fourth-order valence-electron chi connectivity index (χ4n) is 2.29. The second-order valence-corrected chi connectivity index (χ2v) is 4.97. The fourth-order valence-corrected chi connectivity index (χ4v) is 2.29. The van der Waals surface area contributed by atoms with Gasteiger partial charge in [0.2, 0.25) is 5.76 Å². The van der Waals surface area contributed by atoms with Crippen molar-refractivity contribution in [1.82, 2.24) is 4.98 Å². The SMILES string of the molecule is CC(C)C[n+]1c(-c2ccco2)[nH]c2ccccc21. The molecule has 0 atom stereocenters. The first-order chi connectivity index (χ1) is 8.75. The number of H-pyrrole nitrogens is 1. The molecule has 92 valence electrons. The Morgan fingerprint density at radius 1 is 1.17 bits per heavy atom. The fraction of sp³-hybridized carbons (Fsp3) is 0.267. The van der Waals surface area contributed by atoms with Gasteiger partial charge in [0.15, 0.2) is 11.0 Å². The van der Waals surface area contributed by atoms with Crippen LogP contribution < -0.4 is 4.57 Å². The molecule has 2 heterocycles. The van der Waals surface area contributed by atoms with E-state index in [1.54, 1.807) is 6.26 Å². The number of hydrogen-bond acceptors (Lipinski definition) is 1. The highest BCUT2D eigenvalue weighted by atomic mass is 16.3. The van der Waals surface area contributed by atoms with E-state index in [1.807, 2.05) is 18.2 Å². The van der Waals surface area contributed by atoms with E-state index >= 15 is 0 Å². The third-order valence-electron chi connectivity index (χ3n) is 3.02. The Morgan fingerprint density at radius 2 is 2.00 bits per heavy atom. The number of nitrogens with zero attached hydrogens (tertiary/aromatic N) is 1. The highest BCUT2D eigenvalue weighted by Crippen LogP contribution is 2.19. The maximum absolute atomic E-state index is 5.52. The Kier molecular flexibility index (Phi) is 2.67. The average Bonchev–Trinajstić information content (AvgIpc) is 2.96. The van der Waals surface area contributed by atoms with Crippen molar-refractivity contribution in [2.45, 2.75) is 20.4 Å². The number of imidazole rings is 1. The summed E-state index contributed by atoms with van der Waals surface area (Å²) >= 11 is 0. The summed E-state index contributed by atoms with van der Waals surface area (Å²) in [5.41, 5.74) is 2.36. The molecule has 3 rings (SSSR count). The minimum Gasteiger partial charge on any atom is -0.456 e. The zero-order chi connectivity index (χ0) is 12.5. The Labute approximate surface area is 106 Å². The lowest BCUT2D eigenvalue weighted by atomic mass is 10.2. The van der Waals surface area contributed by atoms with E-state index in [0.29, 0.717) is 5.92 Å². The number of furan rings is 1. The van der Waals surface area contributed by atoms with Gasteiger partial charge in [-0.05, 0) is 30.2 Å². The lowest BCUT2D eigenvalue weighted by molar-refractivity contribution is -0.666. The maximum Gasteiger partial charge on any atom is 0.323 e. The van der Waals surface area contributed by atoms with Gasteiger partial charge in [0.05, 0.1) is 12.8 Å². The van der Waals surface area contributed by atoms with Crippen LogP contribution in [-0.2, 0) is 6.54 Å². The van der Waals surface area contributed by atoms with Crippen molar-refractivity contribution < 1.29 is 8.98 Å². The van der Waals surface area contributed by atoms with Gasteiger partial charge in [-0.15, -0.1) is 0 Å². The molecule has 0 radical (unpaired) electrons. The highest BCUT2D eigenvalue weighted by Gasteiger charge is 2.22.